The van der Waals surface area contributed by atoms with E-state index in [2.05, 4.69) is 52.9 Å². The Labute approximate surface area is 241 Å². The molecule has 3 aromatic heterocycles. The van der Waals surface area contributed by atoms with Crippen molar-refractivity contribution in [1.82, 2.24) is 30.3 Å². The molecule has 10 heteroatoms. The van der Waals surface area contributed by atoms with Crippen molar-refractivity contribution in [3.05, 3.63) is 35.2 Å². The molecule has 0 bridgehead atoms. The number of nitrogens with zero attached hydrogens (tertiary/aromatic N) is 5. The standard InChI is InChI=1S/C30H40ClN7O2/c1-5-30(3,4)24-7-6-12-37(24)28-34-22-14-23(27-35-29(39)40-36-27)33-25(20-13-21(31)16-32-15-20)26(22)38(28)17-19-10-8-18(2)9-11-19/h13-16,18-19,24,27,36H,5-12,17H2,1-4H3,(H,35,39). The lowest BCUT2D eigenvalue weighted by atomic mass is 9.80. The van der Waals surface area contributed by atoms with Gasteiger partial charge in [-0.1, -0.05) is 52.1 Å². The summed E-state index contributed by atoms with van der Waals surface area (Å²) in [4.78, 5) is 34.2. The topological polar surface area (TPSA) is 97.2 Å². The number of aromatic nitrogens is 4. The summed E-state index contributed by atoms with van der Waals surface area (Å²) >= 11 is 6.42. The van der Waals surface area contributed by atoms with E-state index >= 15 is 0 Å². The van der Waals surface area contributed by atoms with Crippen LogP contribution in [0.5, 0.6) is 0 Å². The lowest BCUT2D eigenvalue weighted by Gasteiger charge is -2.38. The number of halogens is 1. The first-order valence-corrected chi connectivity index (χ1v) is 15.1. The normalized spacial score (nSPS) is 25.4. The van der Waals surface area contributed by atoms with Crippen LogP contribution >= 0.6 is 11.6 Å². The summed E-state index contributed by atoms with van der Waals surface area (Å²) in [6, 6.07) is 4.28. The van der Waals surface area contributed by atoms with Gasteiger partial charge in [-0.3, -0.25) is 10.3 Å². The Morgan fingerprint density at radius 3 is 2.62 bits per heavy atom. The number of fused-ring (bicyclic) bond motifs is 1. The highest BCUT2D eigenvalue weighted by Gasteiger charge is 2.39. The largest absolute Gasteiger partial charge is 0.427 e. The smallest absolute Gasteiger partial charge is 0.351 e. The minimum atomic E-state index is -0.574. The maximum absolute atomic E-state index is 11.8. The Bertz CT molecular complexity index is 1400. The van der Waals surface area contributed by atoms with Gasteiger partial charge in [0.15, 0.2) is 6.17 Å². The third-order valence-electron chi connectivity index (χ3n) is 9.43. The minimum absolute atomic E-state index is 0.165. The third kappa shape index (κ3) is 5.14. The highest BCUT2D eigenvalue weighted by atomic mass is 35.5. The van der Waals surface area contributed by atoms with Crippen molar-refractivity contribution in [2.75, 3.05) is 11.4 Å². The van der Waals surface area contributed by atoms with Gasteiger partial charge in [0.25, 0.3) is 0 Å². The van der Waals surface area contributed by atoms with Gasteiger partial charge < -0.3 is 14.3 Å². The van der Waals surface area contributed by atoms with Crippen molar-refractivity contribution in [1.29, 1.82) is 0 Å². The predicted molar refractivity (Wildman–Crippen MR) is 157 cm³/mol. The van der Waals surface area contributed by atoms with E-state index in [9.17, 15) is 4.79 Å². The molecule has 1 amide bonds. The molecule has 6 rings (SSSR count). The zero-order chi connectivity index (χ0) is 28.0. The Hall–Kier alpha value is -2.91. The monoisotopic (exact) mass is 565 g/mol. The zero-order valence-corrected chi connectivity index (χ0v) is 24.7. The van der Waals surface area contributed by atoms with Crippen molar-refractivity contribution < 1.29 is 9.63 Å². The van der Waals surface area contributed by atoms with Gasteiger partial charge in [0.1, 0.15) is 0 Å². The van der Waals surface area contributed by atoms with Gasteiger partial charge in [0, 0.05) is 37.1 Å². The molecule has 2 saturated heterocycles. The van der Waals surface area contributed by atoms with Gasteiger partial charge >= 0.3 is 6.09 Å². The van der Waals surface area contributed by atoms with Gasteiger partial charge in [0.05, 0.1) is 27.4 Å². The first kappa shape index (κ1) is 27.3. The molecule has 3 aromatic rings. The second-order valence-electron chi connectivity index (χ2n) is 12.6. The Morgan fingerprint density at radius 1 is 1.12 bits per heavy atom. The van der Waals surface area contributed by atoms with Crippen molar-refractivity contribution in [3.8, 4) is 11.3 Å². The lowest BCUT2D eigenvalue weighted by Crippen LogP contribution is -2.42. The summed E-state index contributed by atoms with van der Waals surface area (Å²) in [5, 5.41) is 3.33. The summed E-state index contributed by atoms with van der Waals surface area (Å²) in [6.07, 6.45) is 10.7. The van der Waals surface area contributed by atoms with Crippen molar-refractivity contribution in [2.24, 2.45) is 17.3 Å². The van der Waals surface area contributed by atoms with E-state index in [1.165, 1.54) is 25.7 Å². The van der Waals surface area contributed by atoms with Crippen LogP contribution in [0.1, 0.15) is 84.5 Å². The van der Waals surface area contributed by atoms with Crippen LogP contribution in [0.2, 0.25) is 5.02 Å². The molecule has 9 nitrogen and oxygen atoms in total. The van der Waals surface area contributed by atoms with E-state index < -0.39 is 12.3 Å². The van der Waals surface area contributed by atoms with Crippen molar-refractivity contribution in [3.63, 3.8) is 0 Å². The summed E-state index contributed by atoms with van der Waals surface area (Å²) in [5.41, 5.74) is 6.97. The number of hydrogen-bond donors (Lipinski definition) is 2. The number of anilines is 1. The molecule has 5 heterocycles. The Balaban J connectivity index is 1.55. The molecule has 1 aliphatic carbocycles. The molecular formula is C30H40ClN7O2. The summed E-state index contributed by atoms with van der Waals surface area (Å²) < 4.78 is 2.43. The SMILES string of the molecule is CCC(C)(C)C1CCCN1c1nc2cc(C3NOC(=O)N3)nc(-c3cncc(Cl)c3)c2n1CC1CCC(C)CC1. The highest BCUT2D eigenvalue weighted by Crippen LogP contribution is 2.42. The third-order valence-corrected chi connectivity index (χ3v) is 9.64. The molecule has 2 atom stereocenters. The van der Waals surface area contributed by atoms with E-state index in [0.29, 0.717) is 22.7 Å². The molecule has 3 aliphatic rings. The second kappa shape index (κ2) is 10.8. The molecule has 3 fully saturated rings. The van der Waals surface area contributed by atoms with E-state index in [0.717, 1.165) is 66.5 Å². The van der Waals surface area contributed by atoms with E-state index in [1.54, 1.807) is 12.4 Å². The van der Waals surface area contributed by atoms with E-state index in [4.69, 9.17) is 26.4 Å². The average molecular weight is 566 g/mol. The predicted octanol–water partition coefficient (Wildman–Crippen LogP) is 6.62. The van der Waals surface area contributed by atoms with Crippen LogP contribution < -0.4 is 15.7 Å². The number of carbonyl (C=O) groups excluding carboxylic acids is 1. The molecule has 214 valence electrons. The van der Waals surface area contributed by atoms with Gasteiger partial charge in [-0.15, -0.1) is 5.48 Å². The molecule has 1 saturated carbocycles. The summed E-state index contributed by atoms with van der Waals surface area (Å²) in [6.45, 7) is 11.3. The van der Waals surface area contributed by atoms with Crippen LogP contribution in [0, 0.1) is 17.3 Å². The molecule has 2 N–H and O–H groups in total. The Morgan fingerprint density at radius 2 is 1.93 bits per heavy atom. The van der Waals surface area contributed by atoms with Crippen LogP contribution in [0.15, 0.2) is 24.5 Å². The summed E-state index contributed by atoms with van der Waals surface area (Å²) in [7, 11) is 0. The average Bonchev–Trinajstić information content (AvgIpc) is 3.68. The first-order chi connectivity index (χ1) is 19.2. The Kier molecular flexibility index (Phi) is 7.38. The number of nitrogens with one attached hydrogen (secondary N) is 2. The zero-order valence-electron chi connectivity index (χ0n) is 23.9. The van der Waals surface area contributed by atoms with Gasteiger partial charge in [0.2, 0.25) is 5.95 Å². The maximum atomic E-state index is 11.8. The number of hydroxylamine groups is 1. The summed E-state index contributed by atoms with van der Waals surface area (Å²) in [5.74, 6) is 2.39. The molecule has 0 aromatic carbocycles. The number of amides is 1. The number of carbonyl (C=O) groups is 1. The second-order valence-corrected chi connectivity index (χ2v) is 13.0. The molecule has 0 spiro atoms. The van der Waals surface area contributed by atoms with Crippen LogP contribution in [0.3, 0.4) is 0 Å². The molecule has 2 aliphatic heterocycles. The van der Waals surface area contributed by atoms with E-state index in [1.807, 2.05) is 12.1 Å². The quantitative estimate of drug-likeness (QED) is 0.332. The maximum Gasteiger partial charge on any atom is 0.427 e. The van der Waals surface area contributed by atoms with E-state index in [-0.39, 0.29) is 5.41 Å². The van der Waals surface area contributed by atoms with Crippen LogP contribution in [-0.2, 0) is 11.4 Å². The molecular weight excluding hydrogens is 526 g/mol. The highest BCUT2D eigenvalue weighted by molar-refractivity contribution is 6.30. The van der Waals surface area contributed by atoms with Crippen LogP contribution in [-0.4, -0.2) is 38.2 Å². The molecule has 40 heavy (non-hydrogen) atoms. The van der Waals surface area contributed by atoms with Gasteiger partial charge in [-0.05, 0) is 61.5 Å². The fourth-order valence-corrected chi connectivity index (χ4v) is 6.87. The lowest BCUT2D eigenvalue weighted by molar-refractivity contribution is 0.121. The fraction of sp³-hybridized carbons (Fsp3) is 0.600. The molecule has 2 unspecified atom stereocenters. The minimum Gasteiger partial charge on any atom is -0.351 e. The van der Waals surface area contributed by atoms with Crippen LogP contribution in [0.25, 0.3) is 22.3 Å². The molecule has 0 radical (unpaired) electrons. The number of hydrogen-bond acceptors (Lipinski definition) is 7. The van der Waals surface area contributed by atoms with Gasteiger partial charge in [-0.25, -0.2) is 14.8 Å². The van der Waals surface area contributed by atoms with Crippen molar-refractivity contribution >= 4 is 34.7 Å². The van der Waals surface area contributed by atoms with Gasteiger partial charge in [-0.2, -0.15) is 0 Å². The first-order valence-electron chi connectivity index (χ1n) is 14.7. The fourth-order valence-electron chi connectivity index (χ4n) is 6.69. The number of rotatable bonds is 7. The number of imidazole rings is 1. The van der Waals surface area contributed by atoms with Crippen LogP contribution in [0.4, 0.5) is 10.7 Å². The van der Waals surface area contributed by atoms with Crippen molar-refractivity contribution in [2.45, 2.75) is 91.4 Å². The number of pyridine rings is 2.